The summed E-state index contributed by atoms with van der Waals surface area (Å²) in [5.41, 5.74) is 6.98. The van der Waals surface area contributed by atoms with Gasteiger partial charge in [0, 0.05) is 100 Å². The standard InChI is InChI=1S/C43H54N6O6/c1-31-12-5-7-16-37(31)47-24-20-45(21-25-47)18-10-28-54-42(50)39-33(3)44-34(4)40(41(39)35-14-9-15-36(30-35)49(52)53)43(51)55-29-11-19-46-22-26-48(27-23-46)38-17-8-6-13-32(38)2/h5-9,12-17,30,41,44H,10-11,18-29H2,1-4H3. The number of ether oxygens (including phenoxy) is 2. The van der Waals surface area contributed by atoms with E-state index in [0.29, 0.717) is 29.8 Å². The van der Waals surface area contributed by atoms with E-state index in [9.17, 15) is 19.7 Å². The Hall–Kier alpha value is -5.20. The van der Waals surface area contributed by atoms with E-state index >= 15 is 0 Å². The first-order valence-electron chi connectivity index (χ1n) is 19.4. The molecule has 0 spiro atoms. The van der Waals surface area contributed by atoms with E-state index in [4.69, 9.17) is 9.47 Å². The van der Waals surface area contributed by atoms with Crippen LogP contribution in [0.25, 0.3) is 0 Å². The van der Waals surface area contributed by atoms with Crippen molar-refractivity contribution in [1.29, 1.82) is 0 Å². The lowest BCUT2D eigenvalue weighted by molar-refractivity contribution is -0.384. The second kappa shape index (κ2) is 18.4. The van der Waals surface area contributed by atoms with Gasteiger partial charge >= 0.3 is 11.9 Å². The minimum Gasteiger partial charge on any atom is -0.462 e. The third-order valence-electron chi connectivity index (χ3n) is 11.0. The van der Waals surface area contributed by atoms with Gasteiger partial charge in [0.25, 0.3) is 5.69 Å². The van der Waals surface area contributed by atoms with Crippen LogP contribution in [0.5, 0.6) is 0 Å². The Balaban J connectivity index is 1.05. The monoisotopic (exact) mass is 750 g/mol. The van der Waals surface area contributed by atoms with Crippen LogP contribution in [0.2, 0.25) is 0 Å². The molecule has 3 aliphatic rings. The molecule has 3 aliphatic heterocycles. The number of hydrogen-bond acceptors (Lipinski definition) is 11. The van der Waals surface area contributed by atoms with Gasteiger partial charge in [0.05, 0.1) is 35.2 Å². The molecular formula is C43H54N6O6. The molecule has 12 heteroatoms. The summed E-state index contributed by atoms with van der Waals surface area (Å²) < 4.78 is 11.7. The van der Waals surface area contributed by atoms with E-state index in [0.717, 1.165) is 65.4 Å². The quantitative estimate of drug-likeness (QED) is 0.0910. The number of dihydropyridines is 1. The maximum atomic E-state index is 13.9. The zero-order chi connectivity index (χ0) is 38.9. The first kappa shape index (κ1) is 39.5. The van der Waals surface area contributed by atoms with Crippen molar-refractivity contribution in [3.05, 3.63) is 122 Å². The van der Waals surface area contributed by atoms with Gasteiger partial charge in [-0.15, -0.1) is 0 Å². The van der Waals surface area contributed by atoms with Gasteiger partial charge in [-0.25, -0.2) is 9.59 Å². The van der Waals surface area contributed by atoms with E-state index < -0.39 is 22.8 Å². The number of nitrogens with zero attached hydrogens (tertiary/aromatic N) is 5. The molecule has 0 unspecified atom stereocenters. The number of rotatable bonds is 14. The number of nitro benzene ring substituents is 1. The molecule has 0 aliphatic carbocycles. The summed E-state index contributed by atoms with van der Waals surface area (Å²) in [6.45, 7) is 17.2. The number of piperazine rings is 2. The van der Waals surface area contributed by atoms with E-state index in [-0.39, 0.29) is 30.0 Å². The van der Waals surface area contributed by atoms with Crippen molar-refractivity contribution in [3.8, 4) is 0 Å². The molecule has 0 saturated carbocycles. The zero-order valence-corrected chi connectivity index (χ0v) is 32.6. The van der Waals surface area contributed by atoms with Crippen LogP contribution in [-0.4, -0.2) is 105 Å². The number of hydrogen-bond donors (Lipinski definition) is 1. The van der Waals surface area contributed by atoms with Gasteiger partial charge in [-0.05, 0) is 69.4 Å². The number of allylic oxidation sites excluding steroid dienone is 2. The number of nitro groups is 1. The van der Waals surface area contributed by atoms with Crippen molar-refractivity contribution < 1.29 is 24.0 Å². The fourth-order valence-electron chi connectivity index (χ4n) is 8.01. The zero-order valence-electron chi connectivity index (χ0n) is 32.6. The first-order chi connectivity index (χ1) is 26.6. The third kappa shape index (κ3) is 9.73. The van der Waals surface area contributed by atoms with Crippen molar-refractivity contribution in [1.82, 2.24) is 15.1 Å². The number of benzene rings is 3. The van der Waals surface area contributed by atoms with Crippen molar-refractivity contribution in [2.75, 3.05) is 88.5 Å². The average molecular weight is 751 g/mol. The number of non-ortho nitro benzene ring substituents is 1. The summed E-state index contributed by atoms with van der Waals surface area (Å²) in [7, 11) is 0. The fraction of sp³-hybridized carbons (Fsp3) is 0.442. The molecule has 6 rings (SSSR count). The van der Waals surface area contributed by atoms with E-state index in [1.807, 2.05) is 0 Å². The van der Waals surface area contributed by atoms with Crippen LogP contribution >= 0.6 is 0 Å². The summed E-state index contributed by atoms with van der Waals surface area (Å²) in [5.74, 6) is -2.02. The summed E-state index contributed by atoms with van der Waals surface area (Å²) >= 11 is 0. The Kier molecular flexibility index (Phi) is 13.2. The summed E-state index contributed by atoms with van der Waals surface area (Å²) in [6.07, 6.45) is 1.31. The van der Waals surface area contributed by atoms with Crippen molar-refractivity contribution in [2.24, 2.45) is 0 Å². The van der Waals surface area contributed by atoms with Crippen LogP contribution in [0.3, 0.4) is 0 Å². The fourth-order valence-corrected chi connectivity index (χ4v) is 8.01. The molecular weight excluding hydrogens is 697 g/mol. The van der Waals surface area contributed by atoms with E-state index in [1.54, 1.807) is 26.0 Å². The topological polar surface area (TPSA) is 121 Å². The highest BCUT2D eigenvalue weighted by molar-refractivity contribution is 6.00. The lowest BCUT2D eigenvalue weighted by Gasteiger charge is -2.36. The normalized spacial score (nSPS) is 17.3. The molecule has 3 aromatic rings. The predicted octanol–water partition coefficient (Wildman–Crippen LogP) is 5.96. The molecule has 0 atom stereocenters. The van der Waals surface area contributed by atoms with Gasteiger partial charge in [0.1, 0.15) is 0 Å². The first-order valence-corrected chi connectivity index (χ1v) is 19.4. The predicted molar refractivity (Wildman–Crippen MR) is 215 cm³/mol. The van der Waals surface area contributed by atoms with E-state index in [2.05, 4.69) is 87.3 Å². The largest absolute Gasteiger partial charge is 0.462 e. The summed E-state index contributed by atoms with van der Waals surface area (Å²) in [5, 5.41) is 15.0. The second-order valence-corrected chi connectivity index (χ2v) is 14.7. The number of carbonyl (C=O) groups excluding carboxylic acids is 2. The maximum absolute atomic E-state index is 13.9. The van der Waals surface area contributed by atoms with Gasteiger partial charge in [0.2, 0.25) is 0 Å². The summed E-state index contributed by atoms with van der Waals surface area (Å²) in [6, 6.07) is 23.0. The molecule has 2 fully saturated rings. The van der Waals surface area contributed by atoms with Crippen LogP contribution in [-0.2, 0) is 19.1 Å². The number of anilines is 2. The number of para-hydroxylation sites is 2. The molecule has 0 aromatic heterocycles. The lowest BCUT2D eigenvalue weighted by atomic mass is 9.80. The smallest absolute Gasteiger partial charge is 0.336 e. The summed E-state index contributed by atoms with van der Waals surface area (Å²) in [4.78, 5) is 48.7. The maximum Gasteiger partial charge on any atom is 0.336 e. The van der Waals surface area contributed by atoms with Crippen molar-refractivity contribution in [3.63, 3.8) is 0 Å². The van der Waals surface area contributed by atoms with Crippen LogP contribution in [0.4, 0.5) is 17.1 Å². The van der Waals surface area contributed by atoms with Gasteiger partial charge in [-0.2, -0.15) is 0 Å². The highest BCUT2D eigenvalue weighted by Crippen LogP contribution is 2.40. The molecule has 2 saturated heterocycles. The minimum atomic E-state index is -0.898. The Labute approximate surface area is 324 Å². The SMILES string of the molecule is CC1=C(C(=O)OCCCN2CCN(c3ccccc3C)CC2)C(c2cccc([N+](=O)[O-])c2)C(C(=O)OCCCN2CCN(c3ccccc3C)CC2)=C(C)N1. The molecule has 0 radical (unpaired) electrons. The van der Waals surface area contributed by atoms with Crippen molar-refractivity contribution in [2.45, 2.75) is 46.5 Å². The van der Waals surface area contributed by atoms with Crippen LogP contribution < -0.4 is 15.1 Å². The Morgan fingerprint density at radius 1 is 0.673 bits per heavy atom. The molecule has 55 heavy (non-hydrogen) atoms. The van der Waals surface area contributed by atoms with E-state index in [1.165, 1.54) is 34.6 Å². The highest BCUT2D eigenvalue weighted by Gasteiger charge is 2.38. The average Bonchev–Trinajstić information content (AvgIpc) is 3.18. The molecule has 3 aromatic carbocycles. The van der Waals surface area contributed by atoms with Crippen LogP contribution in [0.1, 0.15) is 49.3 Å². The number of esters is 2. The third-order valence-corrected chi connectivity index (χ3v) is 11.0. The molecule has 1 N–H and O–H groups in total. The number of carbonyl (C=O) groups is 2. The Morgan fingerprint density at radius 3 is 1.56 bits per heavy atom. The Morgan fingerprint density at radius 2 is 1.13 bits per heavy atom. The molecule has 292 valence electrons. The second-order valence-electron chi connectivity index (χ2n) is 14.7. The van der Waals surface area contributed by atoms with Crippen molar-refractivity contribution >= 4 is 29.0 Å². The molecule has 12 nitrogen and oxygen atoms in total. The van der Waals surface area contributed by atoms with Crippen LogP contribution in [0.15, 0.2) is 95.3 Å². The van der Waals surface area contributed by atoms with Crippen LogP contribution in [0, 0.1) is 24.0 Å². The Bertz CT molecular complexity index is 1800. The number of nitrogens with one attached hydrogen (secondary N) is 1. The minimum absolute atomic E-state index is 0.128. The van der Waals surface area contributed by atoms with Gasteiger partial charge < -0.3 is 24.6 Å². The van der Waals surface area contributed by atoms with Gasteiger partial charge in [-0.3, -0.25) is 19.9 Å². The number of aryl methyl sites for hydroxylation is 2. The molecule has 0 bridgehead atoms. The molecule has 3 heterocycles. The highest BCUT2D eigenvalue weighted by atomic mass is 16.6. The molecule has 0 amide bonds. The lowest BCUT2D eigenvalue weighted by Crippen LogP contribution is -2.47. The van der Waals surface area contributed by atoms with Gasteiger partial charge in [0.15, 0.2) is 0 Å². The van der Waals surface area contributed by atoms with Gasteiger partial charge in [-0.1, -0.05) is 48.5 Å².